The van der Waals surface area contributed by atoms with Crippen molar-refractivity contribution in [2.24, 2.45) is 5.92 Å². The maximum absolute atomic E-state index is 12.6. The summed E-state index contributed by atoms with van der Waals surface area (Å²) in [6, 6.07) is 7.62. The van der Waals surface area contributed by atoms with Crippen molar-refractivity contribution in [3.8, 4) is 6.07 Å². The molecule has 118 valence electrons. The topological polar surface area (TPSA) is 23.8 Å². The Morgan fingerprint density at radius 2 is 1.73 bits per heavy atom. The summed E-state index contributed by atoms with van der Waals surface area (Å²) in [5, 5.41) is 8.43. The van der Waals surface area contributed by atoms with E-state index in [1.165, 1.54) is 18.2 Å². The van der Waals surface area contributed by atoms with Gasteiger partial charge in [-0.1, -0.05) is 18.2 Å². The van der Waals surface area contributed by atoms with Gasteiger partial charge in [0.05, 0.1) is 11.6 Å². The molecule has 1 nitrogen and oxygen atoms in total. The molecule has 1 aromatic rings. The van der Waals surface area contributed by atoms with Crippen LogP contribution in [-0.2, 0) is 6.18 Å². The molecule has 1 aromatic carbocycles. The highest BCUT2D eigenvalue weighted by Gasteiger charge is 2.30. The van der Waals surface area contributed by atoms with Crippen LogP contribution in [0.15, 0.2) is 36.4 Å². The van der Waals surface area contributed by atoms with Crippen LogP contribution in [0.4, 0.5) is 13.2 Å². The zero-order valence-corrected chi connectivity index (χ0v) is 12.4. The van der Waals surface area contributed by atoms with Crippen molar-refractivity contribution in [3.63, 3.8) is 0 Å². The Balaban J connectivity index is 1.84. The van der Waals surface area contributed by atoms with Gasteiger partial charge >= 0.3 is 6.18 Å². The van der Waals surface area contributed by atoms with Crippen LogP contribution in [0.25, 0.3) is 0 Å². The predicted molar refractivity (Wildman–Crippen MR) is 80.1 cm³/mol. The predicted octanol–water partition coefficient (Wildman–Crippen LogP) is 5.84. The largest absolute Gasteiger partial charge is 0.416 e. The van der Waals surface area contributed by atoms with E-state index in [1.54, 1.807) is 12.1 Å². The van der Waals surface area contributed by atoms with Crippen molar-refractivity contribution < 1.29 is 13.2 Å². The van der Waals surface area contributed by atoms with E-state index in [9.17, 15) is 13.2 Å². The summed E-state index contributed by atoms with van der Waals surface area (Å²) in [5.41, 5.74) is 0.449. The SMILES string of the molecule is N#C/C=C/CC[C@H]1CC[C@H](c2ccc(C(F)(F)F)cc2)CC1. The average molecular weight is 307 g/mol. The fourth-order valence-electron chi connectivity index (χ4n) is 3.20. The second kappa shape index (κ2) is 7.49. The van der Waals surface area contributed by atoms with E-state index in [-0.39, 0.29) is 0 Å². The Hall–Kier alpha value is -1.76. The lowest BCUT2D eigenvalue weighted by Crippen LogP contribution is -2.13. The van der Waals surface area contributed by atoms with Gasteiger partial charge in [0.15, 0.2) is 0 Å². The molecule has 2 rings (SSSR count). The highest BCUT2D eigenvalue weighted by molar-refractivity contribution is 5.27. The van der Waals surface area contributed by atoms with Gasteiger partial charge in [-0.15, -0.1) is 0 Å². The lowest BCUT2D eigenvalue weighted by Gasteiger charge is -2.28. The van der Waals surface area contributed by atoms with Crippen molar-refractivity contribution >= 4 is 0 Å². The van der Waals surface area contributed by atoms with Crippen molar-refractivity contribution in [2.45, 2.75) is 50.6 Å². The number of nitriles is 1. The average Bonchev–Trinajstić information content (AvgIpc) is 2.51. The van der Waals surface area contributed by atoms with Crippen molar-refractivity contribution in [1.29, 1.82) is 5.26 Å². The second-order valence-corrected chi connectivity index (χ2v) is 5.95. The van der Waals surface area contributed by atoms with E-state index in [0.29, 0.717) is 11.8 Å². The Morgan fingerprint density at radius 3 is 2.27 bits per heavy atom. The lowest BCUT2D eigenvalue weighted by atomic mass is 9.77. The Labute approximate surface area is 129 Å². The second-order valence-electron chi connectivity index (χ2n) is 5.95. The van der Waals surface area contributed by atoms with Gasteiger partial charge in [0, 0.05) is 6.08 Å². The molecule has 22 heavy (non-hydrogen) atoms. The monoisotopic (exact) mass is 307 g/mol. The lowest BCUT2D eigenvalue weighted by molar-refractivity contribution is -0.137. The number of hydrogen-bond acceptors (Lipinski definition) is 1. The quantitative estimate of drug-likeness (QED) is 0.641. The van der Waals surface area contributed by atoms with Crippen LogP contribution >= 0.6 is 0 Å². The molecule has 0 unspecified atom stereocenters. The molecule has 0 atom stereocenters. The maximum Gasteiger partial charge on any atom is 0.416 e. The van der Waals surface area contributed by atoms with Crippen LogP contribution in [0, 0.1) is 17.2 Å². The number of hydrogen-bond donors (Lipinski definition) is 0. The van der Waals surface area contributed by atoms with Crippen LogP contribution in [0.3, 0.4) is 0 Å². The molecule has 1 aliphatic carbocycles. The van der Waals surface area contributed by atoms with Gasteiger partial charge in [-0.3, -0.25) is 0 Å². The molecule has 0 heterocycles. The Kier molecular flexibility index (Phi) is 5.65. The molecule has 0 aliphatic heterocycles. The highest BCUT2D eigenvalue weighted by Crippen LogP contribution is 2.38. The molecule has 0 spiro atoms. The van der Waals surface area contributed by atoms with E-state index >= 15 is 0 Å². The number of nitrogens with zero attached hydrogens (tertiary/aromatic N) is 1. The minimum absolute atomic E-state index is 0.383. The number of rotatable bonds is 4. The van der Waals surface area contributed by atoms with Crippen LogP contribution < -0.4 is 0 Å². The molecule has 0 amide bonds. The molecular weight excluding hydrogens is 287 g/mol. The fraction of sp³-hybridized carbons (Fsp3) is 0.500. The van der Waals surface area contributed by atoms with Gasteiger partial charge in [-0.2, -0.15) is 18.4 Å². The zero-order chi connectivity index (χ0) is 16.0. The van der Waals surface area contributed by atoms with Gasteiger partial charge in [0.1, 0.15) is 0 Å². The van der Waals surface area contributed by atoms with Crippen molar-refractivity contribution in [3.05, 3.63) is 47.5 Å². The van der Waals surface area contributed by atoms with E-state index in [4.69, 9.17) is 5.26 Å². The highest BCUT2D eigenvalue weighted by atomic mass is 19.4. The first-order chi connectivity index (χ1) is 10.5. The summed E-state index contributed by atoms with van der Waals surface area (Å²) in [4.78, 5) is 0. The molecule has 0 radical (unpaired) electrons. The summed E-state index contributed by atoms with van der Waals surface area (Å²) in [6.45, 7) is 0. The zero-order valence-electron chi connectivity index (χ0n) is 12.4. The molecule has 4 heteroatoms. The minimum Gasteiger partial charge on any atom is -0.193 e. The fourth-order valence-corrected chi connectivity index (χ4v) is 3.20. The van der Waals surface area contributed by atoms with E-state index < -0.39 is 11.7 Å². The normalized spacial score (nSPS) is 22.6. The van der Waals surface area contributed by atoms with Gasteiger partial charge in [0.25, 0.3) is 0 Å². The van der Waals surface area contributed by atoms with E-state index in [1.807, 2.05) is 12.1 Å². The third kappa shape index (κ3) is 4.62. The summed E-state index contributed by atoms with van der Waals surface area (Å²) in [5.74, 6) is 1.06. The Bertz CT molecular complexity index is 529. The van der Waals surface area contributed by atoms with Crippen LogP contribution in [0.5, 0.6) is 0 Å². The molecule has 1 aliphatic rings. The summed E-state index contributed by atoms with van der Waals surface area (Å²) in [7, 11) is 0. The molecule has 0 aromatic heterocycles. The Morgan fingerprint density at radius 1 is 1.09 bits per heavy atom. The summed E-state index contributed by atoms with van der Waals surface area (Å²) in [6.07, 6.45) is 5.51. The summed E-state index contributed by atoms with van der Waals surface area (Å²) >= 11 is 0. The van der Waals surface area contributed by atoms with Crippen LogP contribution in [0.1, 0.15) is 55.6 Å². The van der Waals surface area contributed by atoms with Gasteiger partial charge in [0.2, 0.25) is 0 Å². The summed E-state index contributed by atoms with van der Waals surface area (Å²) < 4.78 is 37.7. The number of halogens is 3. The molecule has 0 N–H and O–H groups in total. The molecule has 1 saturated carbocycles. The first-order valence-corrected chi connectivity index (χ1v) is 7.72. The number of allylic oxidation sites excluding steroid dienone is 2. The minimum atomic E-state index is -4.26. The standard InChI is InChI=1S/C18H20F3N/c19-18(20,21)17-11-9-16(10-12-17)15-7-5-14(6-8-15)4-2-1-3-13-22/h1,3,9-12,14-15H,2,4-8H2/b3-1+/t14-,15-. The molecule has 0 bridgehead atoms. The number of benzene rings is 1. The van der Waals surface area contributed by atoms with Crippen LogP contribution in [0.2, 0.25) is 0 Å². The third-order valence-corrected chi connectivity index (χ3v) is 4.49. The molecule has 1 fully saturated rings. The van der Waals surface area contributed by atoms with Gasteiger partial charge < -0.3 is 0 Å². The smallest absolute Gasteiger partial charge is 0.193 e. The van der Waals surface area contributed by atoms with E-state index in [2.05, 4.69) is 0 Å². The third-order valence-electron chi connectivity index (χ3n) is 4.49. The van der Waals surface area contributed by atoms with Crippen LogP contribution in [-0.4, -0.2) is 0 Å². The maximum atomic E-state index is 12.6. The van der Waals surface area contributed by atoms with Crippen molar-refractivity contribution in [1.82, 2.24) is 0 Å². The van der Waals surface area contributed by atoms with E-state index in [0.717, 1.165) is 44.1 Å². The van der Waals surface area contributed by atoms with Gasteiger partial charge in [-0.05, 0) is 68.1 Å². The van der Waals surface area contributed by atoms with Crippen molar-refractivity contribution in [2.75, 3.05) is 0 Å². The molecule has 0 saturated heterocycles. The molecular formula is C18H20F3N. The first kappa shape index (κ1) is 16.6. The van der Waals surface area contributed by atoms with Gasteiger partial charge in [-0.25, -0.2) is 0 Å². The number of alkyl halides is 3. The first-order valence-electron chi connectivity index (χ1n) is 7.72.